The summed E-state index contributed by atoms with van der Waals surface area (Å²) >= 11 is 6.04. The van der Waals surface area contributed by atoms with Crippen molar-refractivity contribution in [2.45, 2.75) is 12.2 Å². The zero-order valence-corrected chi connectivity index (χ0v) is 15.5. The predicted molar refractivity (Wildman–Crippen MR) is 105 cm³/mol. The number of hydrogen-bond donors (Lipinski definition) is 4. The van der Waals surface area contributed by atoms with Crippen molar-refractivity contribution in [3.63, 3.8) is 0 Å². The molecule has 0 bridgehead atoms. The van der Waals surface area contributed by atoms with Gasteiger partial charge in [-0.05, 0) is 30.3 Å². The molecule has 2 fully saturated rings. The number of hydrazine groups is 2. The molecule has 2 saturated heterocycles. The summed E-state index contributed by atoms with van der Waals surface area (Å²) < 4.78 is 0. The van der Waals surface area contributed by atoms with E-state index in [2.05, 4.69) is 31.6 Å². The minimum atomic E-state index is -0.426. The van der Waals surface area contributed by atoms with Crippen molar-refractivity contribution in [1.82, 2.24) is 26.3 Å². The third-order valence-corrected chi connectivity index (χ3v) is 5.00. The highest BCUT2D eigenvalue weighted by Gasteiger charge is 2.36. The lowest BCUT2D eigenvalue weighted by atomic mass is 10.1. The SMILES string of the molecule is O=C(C1NNNC1Nc1cccc(Cl)c1)N1CCN(c2ccccn2)CC1. The Labute approximate surface area is 162 Å². The van der Waals surface area contributed by atoms with Crippen LogP contribution in [0, 0.1) is 0 Å². The zero-order chi connectivity index (χ0) is 18.6. The van der Waals surface area contributed by atoms with Crippen molar-refractivity contribution in [1.29, 1.82) is 0 Å². The summed E-state index contributed by atoms with van der Waals surface area (Å²) in [6, 6.07) is 12.9. The van der Waals surface area contributed by atoms with Crippen molar-refractivity contribution in [2.24, 2.45) is 0 Å². The van der Waals surface area contributed by atoms with Gasteiger partial charge >= 0.3 is 0 Å². The monoisotopic (exact) mass is 387 g/mol. The Bertz CT molecular complexity index is 782. The molecular formula is C18H22ClN7O. The van der Waals surface area contributed by atoms with Gasteiger partial charge in [-0.3, -0.25) is 4.79 Å². The smallest absolute Gasteiger partial charge is 0.244 e. The van der Waals surface area contributed by atoms with Crippen LogP contribution in [-0.4, -0.2) is 54.2 Å². The fourth-order valence-electron chi connectivity index (χ4n) is 3.34. The first-order valence-electron chi connectivity index (χ1n) is 8.94. The van der Waals surface area contributed by atoms with E-state index in [1.165, 1.54) is 0 Å². The first-order chi connectivity index (χ1) is 13.2. The van der Waals surface area contributed by atoms with Crippen LogP contribution < -0.4 is 26.6 Å². The van der Waals surface area contributed by atoms with E-state index in [0.717, 1.165) is 24.6 Å². The van der Waals surface area contributed by atoms with Gasteiger partial charge in [0.05, 0.1) is 0 Å². The summed E-state index contributed by atoms with van der Waals surface area (Å²) in [4.78, 5) is 21.5. The van der Waals surface area contributed by atoms with Gasteiger partial charge in [-0.25, -0.2) is 15.8 Å². The second-order valence-electron chi connectivity index (χ2n) is 6.52. The van der Waals surface area contributed by atoms with Crippen LogP contribution in [0.3, 0.4) is 0 Å². The van der Waals surface area contributed by atoms with Crippen molar-refractivity contribution in [2.75, 3.05) is 36.4 Å². The van der Waals surface area contributed by atoms with Crippen molar-refractivity contribution in [3.05, 3.63) is 53.7 Å². The van der Waals surface area contributed by atoms with E-state index in [-0.39, 0.29) is 12.1 Å². The maximum absolute atomic E-state index is 13.0. The molecule has 142 valence electrons. The normalized spacial score (nSPS) is 22.7. The quantitative estimate of drug-likeness (QED) is 0.617. The Morgan fingerprint density at radius 3 is 2.70 bits per heavy atom. The largest absolute Gasteiger partial charge is 0.367 e. The predicted octanol–water partition coefficient (Wildman–Crippen LogP) is 0.803. The summed E-state index contributed by atoms with van der Waals surface area (Å²) in [6.07, 6.45) is 1.50. The molecule has 2 atom stereocenters. The van der Waals surface area contributed by atoms with Crippen LogP contribution in [0.2, 0.25) is 5.02 Å². The van der Waals surface area contributed by atoms with Crippen molar-refractivity contribution in [3.8, 4) is 0 Å². The maximum Gasteiger partial charge on any atom is 0.244 e. The molecule has 1 aromatic carbocycles. The van der Waals surface area contributed by atoms with Crippen molar-refractivity contribution < 1.29 is 4.79 Å². The van der Waals surface area contributed by atoms with E-state index in [9.17, 15) is 4.79 Å². The minimum absolute atomic E-state index is 0.0488. The number of piperazine rings is 1. The Morgan fingerprint density at radius 2 is 1.96 bits per heavy atom. The molecule has 4 N–H and O–H groups in total. The molecule has 0 spiro atoms. The number of pyridine rings is 1. The Balaban J connectivity index is 1.36. The molecule has 3 heterocycles. The topological polar surface area (TPSA) is 84.6 Å². The molecule has 0 saturated carbocycles. The van der Waals surface area contributed by atoms with Crippen molar-refractivity contribution >= 4 is 29.0 Å². The number of carbonyl (C=O) groups is 1. The number of aromatic nitrogens is 1. The highest BCUT2D eigenvalue weighted by Crippen LogP contribution is 2.18. The highest BCUT2D eigenvalue weighted by molar-refractivity contribution is 6.30. The summed E-state index contributed by atoms with van der Waals surface area (Å²) in [5.41, 5.74) is 9.75. The summed E-state index contributed by atoms with van der Waals surface area (Å²) in [5.74, 6) is 1.00. The zero-order valence-electron chi connectivity index (χ0n) is 14.7. The number of benzene rings is 1. The lowest BCUT2D eigenvalue weighted by molar-refractivity contribution is -0.133. The fraction of sp³-hybridized carbons (Fsp3) is 0.333. The van der Waals surface area contributed by atoms with Crippen LogP contribution in [0.4, 0.5) is 11.5 Å². The number of carbonyl (C=O) groups excluding carboxylic acids is 1. The first kappa shape index (κ1) is 18.0. The van der Waals surface area contributed by atoms with E-state index >= 15 is 0 Å². The molecule has 2 aliphatic rings. The van der Waals surface area contributed by atoms with Crippen LogP contribution >= 0.6 is 11.6 Å². The van der Waals surface area contributed by atoms with Gasteiger partial charge in [0.25, 0.3) is 0 Å². The fourth-order valence-corrected chi connectivity index (χ4v) is 3.53. The summed E-state index contributed by atoms with van der Waals surface area (Å²) in [5, 5.41) is 3.94. The van der Waals surface area contributed by atoms with Gasteiger partial charge in [-0.15, -0.1) is 0 Å². The Kier molecular flexibility index (Phi) is 5.40. The van der Waals surface area contributed by atoms with Gasteiger partial charge in [0, 0.05) is 43.1 Å². The second kappa shape index (κ2) is 8.10. The first-order valence-corrected chi connectivity index (χ1v) is 9.31. The third-order valence-electron chi connectivity index (χ3n) is 4.77. The average Bonchev–Trinajstić information content (AvgIpc) is 3.16. The van der Waals surface area contributed by atoms with Crippen LogP contribution in [-0.2, 0) is 4.79 Å². The number of anilines is 2. The molecule has 2 unspecified atom stereocenters. The van der Waals surface area contributed by atoms with Gasteiger partial charge in [-0.1, -0.05) is 23.7 Å². The number of hydrogen-bond acceptors (Lipinski definition) is 7. The van der Waals surface area contributed by atoms with Gasteiger partial charge in [0.15, 0.2) is 0 Å². The second-order valence-corrected chi connectivity index (χ2v) is 6.96. The number of nitrogens with zero attached hydrogens (tertiary/aromatic N) is 3. The number of nitrogens with one attached hydrogen (secondary N) is 4. The van der Waals surface area contributed by atoms with E-state index < -0.39 is 6.04 Å². The number of amides is 1. The van der Waals surface area contributed by atoms with Crippen LogP contribution in [0.15, 0.2) is 48.7 Å². The van der Waals surface area contributed by atoms with Crippen LogP contribution in [0.5, 0.6) is 0 Å². The standard InChI is InChI=1S/C18H22ClN7O/c19-13-4-3-5-14(12-13)21-17-16(22-24-23-17)18(27)26-10-8-25(9-11-26)15-6-1-2-7-20-15/h1-7,12,16-17,21-24H,8-11H2. The van der Waals surface area contributed by atoms with Gasteiger partial charge in [0.1, 0.15) is 18.0 Å². The number of rotatable bonds is 4. The molecule has 1 aromatic heterocycles. The molecular weight excluding hydrogens is 366 g/mol. The maximum atomic E-state index is 13.0. The van der Waals surface area contributed by atoms with E-state index in [4.69, 9.17) is 11.6 Å². The molecule has 4 rings (SSSR count). The number of halogens is 1. The molecule has 1 amide bonds. The molecule has 9 heteroatoms. The molecule has 0 aliphatic carbocycles. The van der Waals surface area contributed by atoms with Crippen LogP contribution in [0.25, 0.3) is 0 Å². The van der Waals surface area contributed by atoms with E-state index in [0.29, 0.717) is 18.1 Å². The molecule has 0 radical (unpaired) electrons. The highest BCUT2D eigenvalue weighted by atomic mass is 35.5. The van der Waals surface area contributed by atoms with Gasteiger partial charge in [0.2, 0.25) is 5.91 Å². The van der Waals surface area contributed by atoms with Crippen LogP contribution in [0.1, 0.15) is 0 Å². The third kappa shape index (κ3) is 4.14. The molecule has 2 aliphatic heterocycles. The molecule has 8 nitrogen and oxygen atoms in total. The lowest BCUT2D eigenvalue weighted by Gasteiger charge is -2.37. The minimum Gasteiger partial charge on any atom is -0.367 e. The van der Waals surface area contributed by atoms with E-state index in [1.807, 2.05) is 47.4 Å². The van der Waals surface area contributed by atoms with Gasteiger partial charge in [-0.2, -0.15) is 5.53 Å². The van der Waals surface area contributed by atoms with Gasteiger partial charge < -0.3 is 15.1 Å². The van der Waals surface area contributed by atoms with E-state index in [1.54, 1.807) is 6.20 Å². The average molecular weight is 388 g/mol. The molecule has 27 heavy (non-hydrogen) atoms. The Hall–Kier alpha value is -2.39. The Morgan fingerprint density at radius 1 is 1.11 bits per heavy atom. The lowest BCUT2D eigenvalue weighted by Crippen LogP contribution is -2.57. The summed E-state index contributed by atoms with van der Waals surface area (Å²) in [6.45, 7) is 2.86. The molecule has 2 aromatic rings. The summed E-state index contributed by atoms with van der Waals surface area (Å²) in [7, 11) is 0.